The molecule has 0 aliphatic rings. The molecule has 0 aromatic rings. The molecule has 4 heteroatoms. The van der Waals surface area contributed by atoms with Crippen molar-refractivity contribution in [1.29, 1.82) is 0 Å². The number of rotatable bonds is 6. The molecule has 0 fully saturated rings. The molecule has 0 atom stereocenters. The minimum atomic E-state index is -2.68. The van der Waals surface area contributed by atoms with Crippen molar-refractivity contribution < 1.29 is 8.44 Å². The molecule has 0 radical (unpaired) electrons. The molecule has 0 spiro atoms. The fraction of sp³-hybridized carbons (Fsp3) is 0. The zero-order valence-corrected chi connectivity index (χ0v) is 9.00. The van der Waals surface area contributed by atoms with Crippen LogP contribution in [0.15, 0.2) is 38.5 Å². The zero-order chi connectivity index (χ0) is 7.82. The second-order valence-electron chi connectivity index (χ2n) is 1.04. The Kier molecular flexibility index (Phi) is 6.29. The number of hydrogen-bond acceptors (Lipinski definition) is 3. The van der Waals surface area contributed by atoms with E-state index < -0.39 is 23.1 Å². The molecule has 0 saturated heterocycles. The second-order valence-corrected chi connectivity index (χ2v) is 5.24. The van der Waals surface area contributed by atoms with Crippen LogP contribution in [0.1, 0.15) is 0 Å². The summed E-state index contributed by atoms with van der Waals surface area (Å²) in [4.78, 5) is 0. The van der Waals surface area contributed by atoms with E-state index in [1.807, 2.05) is 0 Å². The van der Waals surface area contributed by atoms with Gasteiger partial charge in [-0.3, -0.25) is 0 Å². The maximum atomic E-state index is 4.90. The predicted octanol–water partition coefficient (Wildman–Crippen LogP) is 1.45. The standard InChI is InChI=1S/3C2H4O.Bi/c3*1-2-3;/h3*2-3H,1H2;/q;;;+3/p-3. The van der Waals surface area contributed by atoms with Crippen LogP contribution < -0.4 is 0 Å². The zero-order valence-electron chi connectivity index (χ0n) is 5.53. The van der Waals surface area contributed by atoms with E-state index >= 15 is 0 Å². The van der Waals surface area contributed by atoms with Gasteiger partial charge in [-0.1, -0.05) is 0 Å². The van der Waals surface area contributed by atoms with E-state index in [-0.39, 0.29) is 0 Å². The van der Waals surface area contributed by atoms with Gasteiger partial charge in [0.05, 0.1) is 0 Å². The average Bonchev–Trinajstić information content (AvgIpc) is 1.90. The molecule has 0 amide bonds. The molecule has 0 N–H and O–H groups in total. The Labute approximate surface area is 70.1 Å². The van der Waals surface area contributed by atoms with Crippen molar-refractivity contribution in [3.63, 3.8) is 0 Å². The summed E-state index contributed by atoms with van der Waals surface area (Å²) >= 11 is -2.68. The van der Waals surface area contributed by atoms with Crippen molar-refractivity contribution in [2.24, 2.45) is 0 Å². The summed E-state index contributed by atoms with van der Waals surface area (Å²) in [6.07, 6.45) is 3.89. The van der Waals surface area contributed by atoms with Gasteiger partial charge < -0.3 is 0 Å². The van der Waals surface area contributed by atoms with Crippen LogP contribution >= 0.6 is 0 Å². The van der Waals surface area contributed by atoms with Crippen molar-refractivity contribution in [3.05, 3.63) is 38.5 Å². The third-order valence-corrected chi connectivity index (χ3v) is 4.23. The fourth-order valence-electron chi connectivity index (χ4n) is 0.257. The van der Waals surface area contributed by atoms with E-state index in [0.717, 1.165) is 0 Å². The van der Waals surface area contributed by atoms with E-state index in [9.17, 15) is 0 Å². The Morgan fingerprint density at radius 1 is 0.800 bits per heavy atom. The van der Waals surface area contributed by atoms with Gasteiger partial charge >= 0.3 is 70.0 Å². The van der Waals surface area contributed by atoms with E-state index in [1.54, 1.807) is 0 Å². The summed E-state index contributed by atoms with van der Waals surface area (Å²) in [6.45, 7) is 10.1. The van der Waals surface area contributed by atoms with Gasteiger partial charge in [0, 0.05) is 0 Å². The summed E-state index contributed by atoms with van der Waals surface area (Å²) in [5, 5.41) is 0. The quantitative estimate of drug-likeness (QED) is 0.542. The van der Waals surface area contributed by atoms with Crippen LogP contribution in [0.2, 0.25) is 0 Å². The molecule has 0 heterocycles. The van der Waals surface area contributed by atoms with Gasteiger partial charge in [0.1, 0.15) is 0 Å². The first-order chi connectivity index (χ1) is 4.85. The average molecular weight is 338 g/mol. The Balaban J connectivity index is 3.58. The topological polar surface area (TPSA) is 27.7 Å². The molecule has 0 bridgehead atoms. The first-order valence-corrected chi connectivity index (χ1v) is 6.74. The maximum absolute atomic E-state index is 4.90. The molecule has 0 aliphatic heterocycles. The van der Waals surface area contributed by atoms with Crippen molar-refractivity contribution >= 4 is 23.1 Å². The van der Waals surface area contributed by atoms with Gasteiger partial charge in [-0.15, -0.1) is 0 Å². The van der Waals surface area contributed by atoms with Crippen LogP contribution in [0.3, 0.4) is 0 Å². The van der Waals surface area contributed by atoms with Gasteiger partial charge in [0.2, 0.25) is 0 Å². The van der Waals surface area contributed by atoms with Gasteiger partial charge in [-0.05, 0) is 0 Å². The minimum absolute atomic E-state index is 1.30. The normalized spacial score (nSPS) is 8.10. The second kappa shape index (κ2) is 6.62. The Morgan fingerprint density at radius 2 is 1.10 bits per heavy atom. The predicted molar refractivity (Wildman–Crippen MR) is 39.6 cm³/mol. The van der Waals surface area contributed by atoms with Crippen LogP contribution in [-0.4, -0.2) is 23.1 Å². The van der Waals surface area contributed by atoms with Crippen LogP contribution in [0.25, 0.3) is 0 Å². The van der Waals surface area contributed by atoms with E-state index in [4.69, 9.17) is 8.44 Å². The first-order valence-electron chi connectivity index (χ1n) is 2.48. The SMILES string of the molecule is C=C[O][Bi]([O]C=C)[O]C=C. The molecule has 3 nitrogen and oxygen atoms in total. The Bertz CT molecular complexity index is 100. The molecule has 0 aromatic heterocycles. The van der Waals surface area contributed by atoms with Gasteiger partial charge in [-0.25, -0.2) is 0 Å². The summed E-state index contributed by atoms with van der Waals surface area (Å²) < 4.78 is 14.7. The molecule has 0 saturated carbocycles. The summed E-state index contributed by atoms with van der Waals surface area (Å²) in [5.41, 5.74) is 0. The molecule has 0 unspecified atom stereocenters. The molecule has 0 aliphatic carbocycles. The van der Waals surface area contributed by atoms with Crippen LogP contribution in [0.4, 0.5) is 0 Å². The van der Waals surface area contributed by atoms with Crippen molar-refractivity contribution in [3.8, 4) is 0 Å². The molecule has 56 valence electrons. The molecule has 0 rings (SSSR count). The molecular weight excluding hydrogens is 329 g/mol. The van der Waals surface area contributed by atoms with Gasteiger partial charge in [0.25, 0.3) is 0 Å². The monoisotopic (exact) mass is 338 g/mol. The van der Waals surface area contributed by atoms with Crippen molar-refractivity contribution in [2.75, 3.05) is 0 Å². The fourth-order valence-corrected chi connectivity index (χ4v) is 2.26. The van der Waals surface area contributed by atoms with Crippen LogP contribution in [0, 0.1) is 0 Å². The molecule has 10 heavy (non-hydrogen) atoms. The van der Waals surface area contributed by atoms with E-state index in [0.29, 0.717) is 0 Å². The molecular formula is C6H9BiO3. The summed E-state index contributed by atoms with van der Waals surface area (Å²) in [6, 6.07) is 0. The van der Waals surface area contributed by atoms with Crippen LogP contribution in [-0.2, 0) is 8.44 Å². The van der Waals surface area contributed by atoms with Gasteiger partial charge in [-0.2, -0.15) is 0 Å². The first kappa shape index (κ1) is 9.50. The number of hydrogen-bond donors (Lipinski definition) is 0. The van der Waals surface area contributed by atoms with E-state index in [1.165, 1.54) is 18.8 Å². The van der Waals surface area contributed by atoms with Crippen molar-refractivity contribution in [2.45, 2.75) is 0 Å². The molecule has 0 aromatic carbocycles. The summed E-state index contributed by atoms with van der Waals surface area (Å²) in [5.74, 6) is 0. The van der Waals surface area contributed by atoms with Gasteiger partial charge in [0.15, 0.2) is 0 Å². The summed E-state index contributed by atoms with van der Waals surface area (Å²) in [7, 11) is 0. The van der Waals surface area contributed by atoms with E-state index in [2.05, 4.69) is 19.7 Å². The third kappa shape index (κ3) is 4.39. The van der Waals surface area contributed by atoms with Crippen LogP contribution in [0.5, 0.6) is 0 Å². The third-order valence-electron chi connectivity index (χ3n) is 0.482. The Morgan fingerprint density at radius 3 is 1.30 bits per heavy atom. The van der Waals surface area contributed by atoms with Crippen molar-refractivity contribution in [1.82, 2.24) is 0 Å². The Hall–Kier alpha value is -0.497.